The van der Waals surface area contributed by atoms with Gasteiger partial charge in [-0.1, -0.05) is 12.1 Å². The smallest absolute Gasteiger partial charge is 0.0524 e. The molecule has 2 nitrogen and oxygen atoms in total. The molecular formula is C13H21NOS. The molecule has 1 rings (SSSR count). The fourth-order valence-electron chi connectivity index (χ4n) is 1.52. The molecule has 0 heterocycles. The zero-order chi connectivity index (χ0) is 12.0. The van der Waals surface area contributed by atoms with E-state index in [0.29, 0.717) is 6.04 Å². The Morgan fingerprint density at radius 1 is 1.25 bits per heavy atom. The molecule has 0 saturated heterocycles. The summed E-state index contributed by atoms with van der Waals surface area (Å²) in [6, 6.07) is 8.95. The molecule has 0 amide bonds. The minimum absolute atomic E-state index is 0.224. The molecule has 0 aliphatic rings. The van der Waals surface area contributed by atoms with Gasteiger partial charge in [0.15, 0.2) is 0 Å². The average molecular weight is 239 g/mol. The summed E-state index contributed by atoms with van der Waals surface area (Å²) in [5.41, 5.74) is 1.29. The summed E-state index contributed by atoms with van der Waals surface area (Å²) in [7, 11) is 0. The van der Waals surface area contributed by atoms with Crippen LogP contribution in [0.4, 0.5) is 0 Å². The third-order valence-electron chi connectivity index (χ3n) is 2.63. The number of rotatable bonds is 6. The van der Waals surface area contributed by atoms with Gasteiger partial charge in [-0.05, 0) is 50.8 Å². The van der Waals surface area contributed by atoms with E-state index in [1.54, 1.807) is 11.8 Å². The van der Waals surface area contributed by atoms with Crippen LogP contribution in [0.15, 0.2) is 29.2 Å². The molecule has 3 heteroatoms. The van der Waals surface area contributed by atoms with E-state index in [9.17, 15) is 0 Å². The zero-order valence-electron chi connectivity index (χ0n) is 10.2. The molecule has 2 atom stereocenters. The quantitative estimate of drug-likeness (QED) is 0.749. The van der Waals surface area contributed by atoms with Crippen molar-refractivity contribution in [2.45, 2.75) is 37.3 Å². The minimum atomic E-state index is -0.224. The molecule has 0 bridgehead atoms. The van der Waals surface area contributed by atoms with Gasteiger partial charge in [-0.15, -0.1) is 11.8 Å². The van der Waals surface area contributed by atoms with Crippen LogP contribution in [0.1, 0.15) is 31.9 Å². The van der Waals surface area contributed by atoms with Crippen molar-refractivity contribution in [3.63, 3.8) is 0 Å². The topological polar surface area (TPSA) is 32.3 Å². The van der Waals surface area contributed by atoms with E-state index in [2.05, 4.69) is 42.8 Å². The van der Waals surface area contributed by atoms with Crippen molar-refractivity contribution in [3.8, 4) is 0 Å². The van der Waals surface area contributed by atoms with Gasteiger partial charge in [0, 0.05) is 10.9 Å². The number of hydrogen-bond donors (Lipinski definition) is 2. The van der Waals surface area contributed by atoms with E-state index < -0.39 is 0 Å². The van der Waals surface area contributed by atoms with Crippen LogP contribution in [0.5, 0.6) is 0 Å². The summed E-state index contributed by atoms with van der Waals surface area (Å²) in [5, 5.41) is 12.6. The standard InChI is InChI=1S/C13H21NOS/c1-10(15)8-9-14-11(2)12-4-6-13(16-3)7-5-12/h4-7,10-11,14-15H,8-9H2,1-3H3. The Morgan fingerprint density at radius 3 is 2.38 bits per heavy atom. The van der Waals surface area contributed by atoms with Gasteiger partial charge in [-0.2, -0.15) is 0 Å². The Bertz CT molecular complexity index is 297. The number of thioether (sulfide) groups is 1. The maximum absolute atomic E-state index is 9.16. The Hall–Kier alpha value is -0.510. The van der Waals surface area contributed by atoms with Gasteiger partial charge >= 0.3 is 0 Å². The second kappa shape index (κ2) is 6.94. The van der Waals surface area contributed by atoms with Gasteiger partial charge in [-0.3, -0.25) is 0 Å². The maximum atomic E-state index is 9.16. The Morgan fingerprint density at radius 2 is 1.88 bits per heavy atom. The molecule has 0 saturated carbocycles. The highest BCUT2D eigenvalue weighted by molar-refractivity contribution is 7.98. The first-order chi connectivity index (χ1) is 7.63. The Kier molecular flexibility index (Phi) is 5.88. The summed E-state index contributed by atoms with van der Waals surface area (Å²) < 4.78 is 0. The fourth-order valence-corrected chi connectivity index (χ4v) is 1.93. The van der Waals surface area contributed by atoms with Gasteiger partial charge in [0.2, 0.25) is 0 Å². The molecule has 0 radical (unpaired) electrons. The molecule has 0 aliphatic carbocycles. The van der Waals surface area contributed by atoms with Gasteiger partial charge in [0.25, 0.3) is 0 Å². The third-order valence-corrected chi connectivity index (χ3v) is 3.37. The van der Waals surface area contributed by atoms with Crippen molar-refractivity contribution in [1.82, 2.24) is 5.32 Å². The van der Waals surface area contributed by atoms with Crippen molar-refractivity contribution in [3.05, 3.63) is 29.8 Å². The van der Waals surface area contributed by atoms with E-state index in [4.69, 9.17) is 5.11 Å². The monoisotopic (exact) mass is 239 g/mol. The van der Waals surface area contributed by atoms with Crippen molar-refractivity contribution >= 4 is 11.8 Å². The lowest BCUT2D eigenvalue weighted by Crippen LogP contribution is -2.22. The second-order valence-corrected chi connectivity index (χ2v) is 4.97. The van der Waals surface area contributed by atoms with Gasteiger partial charge < -0.3 is 10.4 Å². The summed E-state index contributed by atoms with van der Waals surface area (Å²) in [4.78, 5) is 1.29. The first-order valence-electron chi connectivity index (χ1n) is 5.69. The number of aliphatic hydroxyl groups excluding tert-OH is 1. The maximum Gasteiger partial charge on any atom is 0.0524 e. The normalized spacial score (nSPS) is 14.8. The van der Waals surface area contributed by atoms with E-state index in [0.717, 1.165) is 13.0 Å². The SMILES string of the molecule is CSc1ccc(C(C)NCCC(C)O)cc1. The molecule has 2 N–H and O–H groups in total. The van der Waals surface area contributed by atoms with Crippen LogP contribution >= 0.6 is 11.8 Å². The van der Waals surface area contributed by atoms with E-state index >= 15 is 0 Å². The van der Waals surface area contributed by atoms with Crippen LogP contribution in [-0.2, 0) is 0 Å². The van der Waals surface area contributed by atoms with Crippen LogP contribution in [0.3, 0.4) is 0 Å². The van der Waals surface area contributed by atoms with Crippen molar-refractivity contribution in [2.75, 3.05) is 12.8 Å². The predicted octanol–water partition coefficient (Wildman–Crippen LogP) is 2.83. The number of aliphatic hydroxyl groups is 1. The molecule has 2 unspecified atom stereocenters. The van der Waals surface area contributed by atoms with Gasteiger partial charge in [0.1, 0.15) is 0 Å². The minimum Gasteiger partial charge on any atom is -0.393 e. The Balaban J connectivity index is 2.43. The summed E-state index contributed by atoms with van der Waals surface area (Å²) in [6.45, 7) is 4.82. The lowest BCUT2D eigenvalue weighted by Gasteiger charge is -2.15. The summed E-state index contributed by atoms with van der Waals surface area (Å²) in [5.74, 6) is 0. The lowest BCUT2D eigenvalue weighted by atomic mass is 10.1. The van der Waals surface area contributed by atoms with Gasteiger partial charge in [-0.25, -0.2) is 0 Å². The van der Waals surface area contributed by atoms with Gasteiger partial charge in [0.05, 0.1) is 6.10 Å². The predicted molar refractivity (Wildman–Crippen MR) is 70.9 cm³/mol. The number of nitrogens with one attached hydrogen (secondary N) is 1. The van der Waals surface area contributed by atoms with Crippen LogP contribution in [0.25, 0.3) is 0 Å². The first kappa shape index (κ1) is 13.6. The Labute approximate surface area is 102 Å². The molecule has 1 aromatic rings. The van der Waals surface area contributed by atoms with E-state index in [1.165, 1.54) is 10.5 Å². The molecule has 0 spiro atoms. The molecule has 0 fully saturated rings. The van der Waals surface area contributed by atoms with E-state index in [-0.39, 0.29) is 6.10 Å². The highest BCUT2D eigenvalue weighted by atomic mass is 32.2. The number of benzene rings is 1. The third kappa shape index (κ3) is 4.56. The molecular weight excluding hydrogens is 218 g/mol. The molecule has 1 aromatic carbocycles. The average Bonchev–Trinajstić information content (AvgIpc) is 2.28. The van der Waals surface area contributed by atoms with Crippen LogP contribution in [-0.4, -0.2) is 24.0 Å². The highest BCUT2D eigenvalue weighted by Gasteiger charge is 2.04. The summed E-state index contributed by atoms with van der Waals surface area (Å²) in [6.07, 6.45) is 2.66. The largest absolute Gasteiger partial charge is 0.393 e. The van der Waals surface area contributed by atoms with Crippen LogP contribution in [0.2, 0.25) is 0 Å². The molecule has 90 valence electrons. The van der Waals surface area contributed by atoms with Crippen LogP contribution in [0, 0.1) is 0 Å². The second-order valence-electron chi connectivity index (χ2n) is 4.09. The first-order valence-corrected chi connectivity index (χ1v) is 6.91. The van der Waals surface area contributed by atoms with Crippen LogP contribution < -0.4 is 5.32 Å². The zero-order valence-corrected chi connectivity index (χ0v) is 11.1. The molecule has 0 aliphatic heterocycles. The highest BCUT2D eigenvalue weighted by Crippen LogP contribution is 2.18. The number of hydrogen-bond acceptors (Lipinski definition) is 3. The van der Waals surface area contributed by atoms with Crippen molar-refractivity contribution in [2.24, 2.45) is 0 Å². The van der Waals surface area contributed by atoms with Crippen molar-refractivity contribution < 1.29 is 5.11 Å². The molecule has 0 aromatic heterocycles. The molecule has 16 heavy (non-hydrogen) atoms. The fraction of sp³-hybridized carbons (Fsp3) is 0.538. The lowest BCUT2D eigenvalue weighted by molar-refractivity contribution is 0.182. The van der Waals surface area contributed by atoms with E-state index in [1.807, 2.05) is 6.92 Å². The summed E-state index contributed by atoms with van der Waals surface area (Å²) >= 11 is 1.76. The van der Waals surface area contributed by atoms with Crippen molar-refractivity contribution in [1.29, 1.82) is 0 Å².